The highest BCUT2D eigenvalue weighted by molar-refractivity contribution is 6.65. The standard InChI is InChI=1S/C11H26N2O2Si/c1-12-7-9-13(10-8-12)6-5-11-16(4,14-2)15-3/h5-11H2,1-4H3. The van der Waals surface area contributed by atoms with Crippen molar-refractivity contribution in [1.29, 1.82) is 0 Å². The van der Waals surface area contributed by atoms with Crippen LogP contribution in [0.1, 0.15) is 6.42 Å². The third-order valence-corrected chi connectivity index (χ3v) is 6.55. The van der Waals surface area contributed by atoms with Crippen LogP contribution < -0.4 is 0 Å². The second kappa shape index (κ2) is 6.71. The summed E-state index contributed by atoms with van der Waals surface area (Å²) >= 11 is 0. The van der Waals surface area contributed by atoms with Crippen LogP contribution in [-0.2, 0) is 8.85 Å². The Kier molecular flexibility index (Phi) is 5.92. The molecule has 0 radical (unpaired) electrons. The molecule has 0 saturated carbocycles. The molecule has 1 fully saturated rings. The van der Waals surface area contributed by atoms with Gasteiger partial charge in [0.15, 0.2) is 0 Å². The van der Waals surface area contributed by atoms with E-state index in [1.165, 1.54) is 39.1 Å². The van der Waals surface area contributed by atoms with E-state index in [0.717, 1.165) is 6.04 Å². The zero-order valence-electron chi connectivity index (χ0n) is 11.2. The van der Waals surface area contributed by atoms with Crippen LogP contribution in [0.15, 0.2) is 0 Å². The van der Waals surface area contributed by atoms with E-state index in [0.29, 0.717) is 0 Å². The average molecular weight is 246 g/mol. The summed E-state index contributed by atoms with van der Waals surface area (Å²) in [6, 6.07) is 1.09. The number of hydrogen-bond donors (Lipinski definition) is 0. The molecule has 0 aromatic rings. The fourth-order valence-electron chi connectivity index (χ4n) is 1.98. The molecule has 0 aromatic carbocycles. The Morgan fingerprint density at radius 3 is 2.12 bits per heavy atom. The molecule has 1 saturated heterocycles. The minimum absolute atomic E-state index is 1.09. The van der Waals surface area contributed by atoms with Crippen molar-refractivity contribution < 1.29 is 8.85 Å². The van der Waals surface area contributed by atoms with Gasteiger partial charge in [0.1, 0.15) is 0 Å². The first-order chi connectivity index (χ1) is 7.59. The molecule has 1 rings (SSSR count). The van der Waals surface area contributed by atoms with E-state index >= 15 is 0 Å². The number of rotatable bonds is 6. The van der Waals surface area contributed by atoms with Gasteiger partial charge in [-0.3, -0.25) is 0 Å². The quantitative estimate of drug-likeness (QED) is 0.653. The Morgan fingerprint density at radius 2 is 1.62 bits per heavy atom. The summed E-state index contributed by atoms with van der Waals surface area (Å²) in [4.78, 5) is 4.93. The highest BCUT2D eigenvalue weighted by Crippen LogP contribution is 2.14. The fourth-order valence-corrected chi connectivity index (χ4v) is 3.36. The first kappa shape index (κ1) is 14.1. The molecule has 1 aliphatic heterocycles. The van der Waals surface area contributed by atoms with Crippen LogP contribution in [0, 0.1) is 0 Å². The Morgan fingerprint density at radius 1 is 1.06 bits per heavy atom. The van der Waals surface area contributed by atoms with E-state index in [2.05, 4.69) is 23.4 Å². The van der Waals surface area contributed by atoms with Crippen molar-refractivity contribution in [2.24, 2.45) is 0 Å². The van der Waals surface area contributed by atoms with Crippen LogP contribution >= 0.6 is 0 Å². The normalized spacial score (nSPS) is 20.2. The van der Waals surface area contributed by atoms with Gasteiger partial charge in [-0.15, -0.1) is 0 Å². The summed E-state index contributed by atoms with van der Waals surface area (Å²) < 4.78 is 11.0. The molecule has 0 aromatic heterocycles. The molecule has 16 heavy (non-hydrogen) atoms. The van der Waals surface area contributed by atoms with Crippen LogP contribution in [-0.4, -0.2) is 72.4 Å². The first-order valence-electron chi connectivity index (χ1n) is 6.11. The highest BCUT2D eigenvalue weighted by atomic mass is 28.4. The number of likely N-dealkylation sites (N-methyl/N-ethyl adjacent to an activating group) is 1. The van der Waals surface area contributed by atoms with Gasteiger partial charge in [0.2, 0.25) is 0 Å². The number of nitrogens with zero attached hydrogens (tertiary/aromatic N) is 2. The molecule has 0 bridgehead atoms. The monoisotopic (exact) mass is 246 g/mol. The van der Waals surface area contributed by atoms with Crippen LogP contribution in [0.3, 0.4) is 0 Å². The summed E-state index contributed by atoms with van der Waals surface area (Å²) in [6.45, 7) is 8.12. The molecule has 96 valence electrons. The number of hydrogen-bond acceptors (Lipinski definition) is 4. The lowest BCUT2D eigenvalue weighted by molar-refractivity contribution is 0.152. The molecular weight excluding hydrogens is 220 g/mol. The van der Waals surface area contributed by atoms with Gasteiger partial charge < -0.3 is 18.7 Å². The molecule has 0 unspecified atom stereocenters. The third kappa shape index (κ3) is 4.51. The highest BCUT2D eigenvalue weighted by Gasteiger charge is 2.28. The Balaban J connectivity index is 2.15. The number of piperazine rings is 1. The minimum Gasteiger partial charge on any atom is -0.398 e. The molecule has 0 N–H and O–H groups in total. The van der Waals surface area contributed by atoms with Crippen molar-refractivity contribution in [2.75, 3.05) is 54.0 Å². The van der Waals surface area contributed by atoms with Crippen molar-refractivity contribution in [3.05, 3.63) is 0 Å². The Labute approximate surface area is 101 Å². The topological polar surface area (TPSA) is 24.9 Å². The maximum Gasteiger partial charge on any atom is 0.334 e. The van der Waals surface area contributed by atoms with Gasteiger partial charge in [-0.25, -0.2) is 0 Å². The fraction of sp³-hybridized carbons (Fsp3) is 1.00. The van der Waals surface area contributed by atoms with Crippen molar-refractivity contribution in [1.82, 2.24) is 9.80 Å². The SMILES string of the molecule is CO[Si](C)(CCCN1CCN(C)CC1)OC. The molecule has 1 heterocycles. The lowest BCUT2D eigenvalue weighted by Crippen LogP contribution is -2.45. The van der Waals surface area contributed by atoms with Gasteiger partial charge in [0, 0.05) is 40.4 Å². The van der Waals surface area contributed by atoms with Crippen LogP contribution in [0.25, 0.3) is 0 Å². The molecule has 4 nitrogen and oxygen atoms in total. The lowest BCUT2D eigenvalue weighted by Gasteiger charge is -2.33. The zero-order valence-corrected chi connectivity index (χ0v) is 12.2. The van der Waals surface area contributed by atoms with E-state index in [1.54, 1.807) is 14.2 Å². The second-order valence-electron chi connectivity index (χ2n) is 4.79. The van der Waals surface area contributed by atoms with E-state index in [4.69, 9.17) is 8.85 Å². The largest absolute Gasteiger partial charge is 0.398 e. The van der Waals surface area contributed by atoms with Gasteiger partial charge >= 0.3 is 8.56 Å². The van der Waals surface area contributed by atoms with Gasteiger partial charge in [-0.1, -0.05) is 0 Å². The van der Waals surface area contributed by atoms with Gasteiger partial charge in [0.05, 0.1) is 0 Å². The molecule has 5 heteroatoms. The maximum atomic E-state index is 5.48. The average Bonchev–Trinajstić information content (AvgIpc) is 2.31. The molecular formula is C11H26N2O2Si. The molecule has 0 atom stereocenters. The van der Waals surface area contributed by atoms with Crippen molar-refractivity contribution >= 4 is 8.56 Å². The van der Waals surface area contributed by atoms with Gasteiger partial charge in [-0.05, 0) is 32.6 Å². The third-order valence-electron chi connectivity index (χ3n) is 3.56. The minimum atomic E-state index is -1.83. The summed E-state index contributed by atoms with van der Waals surface area (Å²) in [5.74, 6) is 0. The van der Waals surface area contributed by atoms with Crippen molar-refractivity contribution in [2.45, 2.75) is 19.0 Å². The Hall–Kier alpha value is 0.0569. The predicted molar refractivity (Wildman–Crippen MR) is 69.0 cm³/mol. The van der Waals surface area contributed by atoms with Gasteiger partial charge in [-0.2, -0.15) is 0 Å². The second-order valence-corrected chi connectivity index (χ2v) is 8.37. The van der Waals surface area contributed by atoms with E-state index in [1.807, 2.05) is 0 Å². The summed E-state index contributed by atoms with van der Waals surface area (Å²) in [6.07, 6.45) is 1.19. The van der Waals surface area contributed by atoms with Gasteiger partial charge in [0.25, 0.3) is 0 Å². The van der Waals surface area contributed by atoms with E-state index in [-0.39, 0.29) is 0 Å². The van der Waals surface area contributed by atoms with Crippen molar-refractivity contribution in [3.63, 3.8) is 0 Å². The maximum absolute atomic E-state index is 5.48. The molecule has 0 aliphatic carbocycles. The van der Waals surface area contributed by atoms with Crippen LogP contribution in [0.5, 0.6) is 0 Å². The summed E-state index contributed by atoms with van der Waals surface area (Å²) in [5, 5.41) is 0. The smallest absolute Gasteiger partial charge is 0.334 e. The predicted octanol–water partition coefficient (Wildman–Crippen LogP) is 0.989. The molecule has 1 aliphatic rings. The van der Waals surface area contributed by atoms with Crippen LogP contribution in [0.2, 0.25) is 12.6 Å². The molecule has 0 amide bonds. The van der Waals surface area contributed by atoms with E-state index in [9.17, 15) is 0 Å². The zero-order chi connectivity index (χ0) is 12.0. The van der Waals surface area contributed by atoms with Crippen molar-refractivity contribution in [3.8, 4) is 0 Å². The summed E-state index contributed by atoms with van der Waals surface area (Å²) in [7, 11) is 3.90. The van der Waals surface area contributed by atoms with E-state index < -0.39 is 8.56 Å². The lowest BCUT2D eigenvalue weighted by atomic mass is 10.3. The summed E-state index contributed by atoms with van der Waals surface area (Å²) in [5.41, 5.74) is 0. The van der Waals surface area contributed by atoms with Crippen LogP contribution in [0.4, 0.5) is 0 Å². The molecule has 0 spiro atoms. The Bertz CT molecular complexity index is 192. The first-order valence-corrected chi connectivity index (χ1v) is 8.63.